The van der Waals surface area contributed by atoms with Gasteiger partial charge in [0.05, 0.1) is 22.3 Å². The minimum atomic E-state index is -0.335. The van der Waals surface area contributed by atoms with E-state index in [1.54, 1.807) is 7.05 Å². The molecule has 0 N–H and O–H groups in total. The average molecular weight is 395 g/mol. The quantitative estimate of drug-likeness (QED) is 0.451. The fourth-order valence-electron chi connectivity index (χ4n) is 4.14. The van der Waals surface area contributed by atoms with Crippen LogP contribution in [0.4, 0.5) is 0 Å². The number of hydrogen-bond acceptors (Lipinski definition) is 2. The maximum atomic E-state index is 13.2. The summed E-state index contributed by atoms with van der Waals surface area (Å²) in [5, 5.41) is 2.73. The van der Waals surface area contributed by atoms with Gasteiger partial charge in [-0.25, -0.2) is 4.79 Å². The van der Waals surface area contributed by atoms with Crippen molar-refractivity contribution in [1.82, 2.24) is 13.7 Å². The summed E-state index contributed by atoms with van der Waals surface area (Å²) in [5.41, 5.74) is 3.82. The number of benzene rings is 3. The average Bonchev–Trinajstić information content (AvgIpc) is 3.17. The van der Waals surface area contributed by atoms with Crippen LogP contribution >= 0.6 is 0 Å². The standard InChI is InChI=1S/C25H21N3O2/c1-16-11-13-18(14-12-16)23-22-21(26(2)25(30)27(3)24(22)29)15-28(23)20-10-6-8-17-7-4-5-9-19(17)20/h4-15H,1-3H3. The van der Waals surface area contributed by atoms with Crippen LogP contribution in [0, 0.1) is 6.92 Å². The third kappa shape index (κ3) is 2.55. The highest BCUT2D eigenvalue weighted by Crippen LogP contribution is 2.33. The highest BCUT2D eigenvalue weighted by Gasteiger charge is 2.20. The van der Waals surface area contributed by atoms with E-state index in [4.69, 9.17) is 0 Å². The van der Waals surface area contributed by atoms with E-state index in [1.807, 2.05) is 66.2 Å². The molecule has 148 valence electrons. The molecule has 0 aliphatic heterocycles. The Balaban J connectivity index is 2.00. The van der Waals surface area contributed by atoms with Crippen LogP contribution in [-0.2, 0) is 14.1 Å². The second kappa shape index (κ2) is 6.59. The van der Waals surface area contributed by atoms with Crippen molar-refractivity contribution in [2.45, 2.75) is 6.92 Å². The number of rotatable bonds is 2. The zero-order valence-electron chi connectivity index (χ0n) is 17.1. The third-order valence-electron chi connectivity index (χ3n) is 5.79. The van der Waals surface area contributed by atoms with Crippen molar-refractivity contribution in [3.05, 3.63) is 99.3 Å². The van der Waals surface area contributed by atoms with E-state index in [1.165, 1.54) is 16.2 Å². The smallest absolute Gasteiger partial charge is 0.313 e. The summed E-state index contributed by atoms with van der Waals surface area (Å²) < 4.78 is 4.75. The molecule has 0 spiro atoms. The van der Waals surface area contributed by atoms with E-state index < -0.39 is 0 Å². The molecular formula is C25H21N3O2. The first-order valence-electron chi connectivity index (χ1n) is 9.83. The first-order valence-corrected chi connectivity index (χ1v) is 9.83. The first-order chi connectivity index (χ1) is 14.5. The molecule has 0 fully saturated rings. The van der Waals surface area contributed by atoms with Crippen LogP contribution in [-0.4, -0.2) is 13.7 Å². The Morgan fingerprint density at radius 1 is 0.767 bits per heavy atom. The van der Waals surface area contributed by atoms with E-state index in [0.29, 0.717) is 10.9 Å². The van der Waals surface area contributed by atoms with Gasteiger partial charge < -0.3 is 4.57 Å². The van der Waals surface area contributed by atoms with Crippen molar-refractivity contribution in [3.63, 3.8) is 0 Å². The van der Waals surface area contributed by atoms with Gasteiger partial charge in [0.1, 0.15) is 0 Å². The van der Waals surface area contributed by atoms with Crippen molar-refractivity contribution >= 4 is 21.7 Å². The number of fused-ring (bicyclic) bond motifs is 2. The summed E-state index contributed by atoms with van der Waals surface area (Å²) >= 11 is 0. The van der Waals surface area contributed by atoms with Gasteiger partial charge >= 0.3 is 5.69 Å². The predicted octanol–water partition coefficient (Wildman–Crippen LogP) is 4.16. The van der Waals surface area contributed by atoms with Crippen molar-refractivity contribution in [2.24, 2.45) is 14.1 Å². The fraction of sp³-hybridized carbons (Fsp3) is 0.120. The molecule has 5 nitrogen and oxygen atoms in total. The van der Waals surface area contributed by atoms with Crippen LogP contribution in [0.25, 0.3) is 38.6 Å². The number of hydrogen-bond donors (Lipinski definition) is 0. The molecule has 0 atom stereocenters. The molecule has 0 saturated carbocycles. The molecule has 5 rings (SSSR count). The molecular weight excluding hydrogens is 374 g/mol. The van der Waals surface area contributed by atoms with Crippen molar-refractivity contribution in [1.29, 1.82) is 0 Å². The molecule has 0 amide bonds. The number of aromatic nitrogens is 3. The van der Waals surface area contributed by atoms with Crippen LogP contribution in [0.3, 0.4) is 0 Å². The lowest BCUT2D eigenvalue weighted by atomic mass is 10.1. The van der Waals surface area contributed by atoms with E-state index >= 15 is 0 Å². The van der Waals surface area contributed by atoms with Gasteiger partial charge in [0.2, 0.25) is 0 Å². The SMILES string of the molecule is Cc1ccc(-c2c3c(=O)n(C)c(=O)n(C)c3cn2-c2cccc3ccccc23)cc1. The van der Waals surface area contributed by atoms with Crippen LogP contribution in [0.15, 0.2) is 82.5 Å². The Bertz CT molecular complexity index is 1550. The van der Waals surface area contributed by atoms with E-state index in [0.717, 1.165) is 33.3 Å². The maximum Gasteiger partial charge on any atom is 0.330 e. The Morgan fingerprint density at radius 2 is 1.47 bits per heavy atom. The lowest BCUT2D eigenvalue weighted by molar-refractivity contribution is 0.714. The highest BCUT2D eigenvalue weighted by molar-refractivity contribution is 5.98. The van der Waals surface area contributed by atoms with Gasteiger partial charge in [0.25, 0.3) is 5.56 Å². The summed E-state index contributed by atoms with van der Waals surface area (Å²) in [4.78, 5) is 25.8. The maximum absolute atomic E-state index is 13.2. The van der Waals surface area contributed by atoms with Crippen LogP contribution < -0.4 is 11.2 Å². The summed E-state index contributed by atoms with van der Waals surface area (Å²) in [6.07, 6.45) is 1.90. The number of aryl methyl sites for hydroxylation is 2. The summed E-state index contributed by atoms with van der Waals surface area (Å²) in [6.45, 7) is 2.04. The molecule has 0 aliphatic rings. The Morgan fingerprint density at radius 3 is 2.23 bits per heavy atom. The lowest BCUT2D eigenvalue weighted by Crippen LogP contribution is -2.36. The summed E-state index contributed by atoms with van der Waals surface area (Å²) in [6, 6.07) is 22.4. The predicted molar refractivity (Wildman–Crippen MR) is 121 cm³/mol. The summed E-state index contributed by atoms with van der Waals surface area (Å²) in [7, 11) is 3.23. The first kappa shape index (κ1) is 18.2. The van der Waals surface area contributed by atoms with Gasteiger partial charge in [0, 0.05) is 25.7 Å². The largest absolute Gasteiger partial charge is 0.330 e. The zero-order chi connectivity index (χ0) is 21.0. The van der Waals surface area contributed by atoms with Gasteiger partial charge in [-0.05, 0) is 23.9 Å². The molecule has 0 saturated heterocycles. The van der Waals surface area contributed by atoms with E-state index in [-0.39, 0.29) is 11.2 Å². The topological polar surface area (TPSA) is 48.9 Å². The normalized spacial score (nSPS) is 11.4. The zero-order valence-corrected chi connectivity index (χ0v) is 17.1. The van der Waals surface area contributed by atoms with E-state index in [9.17, 15) is 9.59 Å². The van der Waals surface area contributed by atoms with Crippen LogP contribution in [0.2, 0.25) is 0 Å². The minimum absolute atomic E-state index is 0.289. The minimum Gasteiger partial charge on any atom is -0.313 e. The van der Waals surface area contributed by atoms with Gasteiger partial charge in [0.15, 0.2) is 0 Å². The molecule has 2 heterocycles. The molecule has 0 bridgehead atoms. The monoisotopic (exact) mass is 395 g/mol. The van der Waals surface area contributed by atoms with Crippen LogP contribution in [0.1, 0.15) is 5.56 Å². The molecule has 5 heteroatoms. The van der Waals surface area contributed by atoms with Gasteiger partial charge in [-0.1, -0.05) is 66.2 Å². The van der Waals surface area contributed by atoms with Crippen molar-refractivity contribution in [3.8, 4) is 16.9 Å². The Hall–Kier alpha value is -3.86. The van der Waals surface area contributed by atoms with Crippen molar-refractivity contribution in [2.75, 3.05) is 0 Å². The molecule has 2 aromatic heterocycles. The van der Waals surface area contributed by atoms with Crippen molar-refractivity contribution < 1.29 is 0 Å². The molecule has 3 aromatic carbocycles. The fourth-order valence-corrected chi connectivity index (χ4v) is 4.14. The van der Waals surface area contributed by atoms with E-state index in [2.05, 4.69) is 18.2 Å². The summed E-state index contributed by atoms with van der Waals surface area (Å²) in [5.74, 6) is 0. The Labute approximate surface area is 173 Å². The van der Waals surface area contributed by atoms with Crippen LogP contribution in [0.5, 0.6) is 0 Å². The number of nitrogens with zero attached hydrogens (tertiary/aromatic N) is 3. The molecule has 0 unspecified atom stereocenters. The second-order valence-corrected chi connectivity index (χ2v) is 7.68. The highest BCUT2D eigenvalue weighted by atomic mass is 16.2. The third-order valence-corrected chi connectivity index (χ3v) is 5.79. The molecule has 30 heavy (non-hydrogen) atoms. The molecule has 0 radical (unpaired) electrons. The molecule has 0 aliphatic carbocycles. The van der Waals surface area contributed by atoms with Gasteiger partial charge in [-0.15, -0.1) is 0 Å². The Kier molecular flexibility index (Phi) is 4.00. The van der Waals surface area contributed by atoms with Gasteiger partial charge in [-0.3, -0.25) is 13.9 Å². The molecule has 5 aromatic rings. The van der Waals surface area contributed by atoms with Gasteiger partial charge in [-0.2, -0.15) is 0 Å². The second-order valence-electron chi connectivity index (χ2n) is 7.68. The lowest BCUT2D eigenvalue weighted by Gasteiger charge is -2.13.